The predicted octanol–water partition coefficient (Wildman–Crippen LogP) is 3.81. The van der Waals surface area contributed by atoms with Gasteiger partial charge in [-0.2, -0.15) is 0 Å². The lowest BCUT2D eigenvalue weighted by atomic mass is 10.0. The number of carbonyl (C=O) groups is 2. The highest BCUT2D eigenvalue weighted by Gasteiger charge is 2.12. The van der Waals surface area contributed by atoms with Crippen LogP contribution >= 0.6 is 11.8 Å². The van der Waals surface area contributed by atoms with Crippen LogP contribution in [0.3, 0.4) is 0 Å². The van der Waals surface area contributed by atoms with Crippen LogP contribution in [0.2, 0.25) is 0 Å². The Balaban J connectivity index is 2.41. The van der Waals surface area contributed by atoms with Crippen LogP contribution in [0.4, 0.5) is 5.69 Å². The Morgan fingerprint density at radius 1 is 1.31 bits per heavy atom. The number of esters is 1. The Hall–Kier alpha value is -1.96. The Morgan fingerprint density at radius 2 is 2.07 bits per heavy atom. The zero-order chi connectivity index (χ0) is 21.6. The van der Waals surface area contributed by atoms with Crippen LogP contribution in [0.1, 0.15) is 59.8 Å². The Labute approximate surface area is 178 Å². The molecule has 2 atom stereocenters. The second-order valence-corrected chi connectivity index (χ2v) is 8.31. The number of nitrogens with one attached hydrogen (secondary N) is 1. The third kappa shape index (κ3) is 11.0. The molecule has 0 aromatic carbocycles. The molecule has 8 heteroatoms. The second kappa shape index (κ2) is 14.1. The van der Waals surface area contributed by atoms with Crippen molar-refractivity contribution in [3.05, 3.63) is 12.3 Å². The molecule has 0 aliphatic carbocycles. The molecule has 164 valence electrons. The molecule has 0 saturated carbocycles. The van der Waals surface area contributed by atoms with Crippen LogP contribution < -0.4 is 15.8 Å². The monoisotopic (exact) mass is 425 g/mol. The fourth-order valence-corrected chi connectivity index (χ4v) is 3.55. The van der Waals surface area contributed by atoms with Crippen molar-refractivity contribution >= 4 is 29.3 Å². The van der Waals surface area contributed by atoms with Gasteiger partial charge in [0.25, 0.3) is 0 Å². The minimum absolute atomic E-state index is 0.106. The normalized spacial score (nSPS) is 12.8. The smallest absolute Gasteiger partial charge is 0.306 e. The Bertz CT molecular complexity index is 642. The largest absolute Gasteiger partial charge is 0.475 e. The lowest BCUT2D eigenvalue weighted by molar-refractivity contribution is -0.144. The molecular weight excluding hydrogens is 390 g/mol. The average Bonchev–Trinajstić information content (AvgIpc) is 2.68. The zero-order valence-corrected chi connectivity index (χ0v) is 18.8. The number of hydrogen-bond acceptors (Lipinski definition) is 7. The van der Waals surface area contributed by atoms with Crippen molar-refractivity contribution in [1.82, 2.24) is 10.3 Å². The number of hydrogen-bond donors (Lipinski definition) is 2. The lowest BCUT2D eigenvalue weighted by Crippen LogP contribution is -2.35. The van der Waals surface area contributed by atoms with Crippen LogP contribution in [-0.2, 0) is 14.3 Å². The van der Waals surface area contributed by atoms with Crippen LogP contribution in [0.5, 0.6) is 5.88 Å². The zero-order valence-electron chi connectivity index (χ0n) is 18.0. The van der Waals surface area contributed by atoms with Crippen molar-refractivity contribution in [2.75, 3.05) is 24.7 Å². The Morgan fingerprint density at radius 3 is 2.72 bits per heavy atom. The molecule has 1 aromatic rings. The van der Waals surface area contributed by atoms with E-state index in [0.29, 0.717) is 42.9 Å². The number of rotatable bonds is 14. The second-order valence-electron chi connectivity index (χ2n) is 7.17. The van der Waals surface area contributed by atoms with Gasteiger partial charge in [0, 0.05) is 23.6 Å². The van der Waals surface area contributed by atoms with E-state index >= 15 is 0 Å². The molecule has 0 spiro atoms. The van der Waals surface area contributed by atoms with E-state index in [1.807, 2.05) is 6.92 Å². The number of amides is 1. The molecule has 0 aliphatic rings. The fraction of sp³-hybridized carbons (Fsp3) is 0.667. The number of nitrogen functional groups attached to an aromatic ring is 1. The van der Waals surface area contributed by atoms with E-state index in [9.17, 15) is 9.59 Å². The highest BCUT2D eigenvalue weighted by atomic mass is 32.2. The molecule has 1 rings (SSSR count). The first-order valence-electron chi connectivity index (χ1n) is 10.3. The van der Waals surface area contributed by atoms with E-state index in [1.54, 1.807) is 12.3 Å². The first kappa shape index (κ1) is 25.1. The molecule has 1 aromatic heterocycles. The third-order valence-corrected chi connectivity index (χ3v) is 5.46. The summed E-state index contributed by atoms with van der Waals surface area (Å²) in [5.41, 5.74) is 6.52. The summed E-state index contributed by atoms with van der Waals surface area (Å²) in [6.07, 6.45) is 6.32. The van der Waals surface area contributed by atoms with Gasteiger partial charge >= 0.3 is 5.97 Å². The van der Waals surface area contributed by atoms with Gasteiger partial charge in [0.15, 0.2) is 0 Å². The highest BCUT2D eigenvalue weighted by molar-refractivity contribution is 7.99. The Kier molecular flexibility index (Phi) is 12.2. The van der Waals surface area contributed by atoms with Crippen molar-refractivity contribution in [1.29, 1.82) is 0 Å². The van der Waals surface area contributed by atoms with Crippen molar-refractivity contribution in [3.8, 4) is 5.88 Å². The quantitative estimate of drug-likeness (QED) is 0.345. The topological polar surface area (TPSA) is 104 Å². The van der Waals surface area contributed by atoms with Gasteiger partial charge in [-0.3, -0.25) is 9.59 Å². The van der Waals surface area contributed by atoms with E-state index in [1.165, 1.54) is 25.1 Å². The van der Waals surface area contributed by atoms with Gasteiger partial charge in [-0.25, -0.2) is 4.98 Å². The molecule has 0 radical (unpaired) electrons. The molecule has 1 unspecified atom stereocenters. The fourth-order valence-electron chi connectivity index (χ4n) is 2.66. The SMILES string of the molecule is CCCCC(CC)COC(=O)CCSc1cc(OC[C@H](C)NC(C)=O)ncc1N. The maximum absolute atomic E-state index is 12.0. The summed E-state index contributed by atoms with van der Waals surface area (Å²) in [5.74, 6) is 1.16. The number of nitrogens with two attached hydrogens (primary N) is 1. The summed E-state index contributed by atoms with van der Waals surface area (Å²) in [6, 6.07) is 1.63. The number of anilines is 1. The number of aromatic nitrogens is 1. The van der Waals surface area contributed by atoms with Gasteiger partial charge in [0.05, 0.1) is 31.0 Å². The maximum Gasteiger partial charge on any atom is 0.306 e. The summed E-state index contributed by atoms with van der Waals surface area (Å²) in [5, 5.41) is 2.75. The molecular formula is C21H35N3O4S. The van der Waals surface area contributed by atoms with E-state index in [2.05, 4.69) is 24.1 Å². The van der Waals surface area contributed by atoms with E-state index in [-0.39, 0.29) is 17.9 Å². The van der Waals surface area contributed by atoms with Gasteiger partial charge in [-0.05, 0) is 19.3 Å². The van der Waals surface area contributed by atoms with Crippen molar-refractivity contribution in [2.45, 2.75) is 70.7 Å². The third-order valence-electron chi connectivity index (χ3n) is 4.39. The standard InChI is InChI=1S/C21H35N3O4S/c1-5-7-8-17(6-2)14-28-21(26)9-10-29-19-11-20(23-12-18(19)22)27-13-15(3)24-16(4)25/h11-12,15,17H,5-10,13-14,22H2,1-4H3,(H,24,25)/t15-,17?/m0/s1. The molecule has 7 nitrogen and oxygen atoms in total. The number of ether oxygens (including phenoxy) is 2. The minimum Gasteiger partial charge on any atom is -0.475 e. The molecule has 1 amide bonds. The lowest BCUT2D eigenvalue weighted by Gasteiger charge is -2.15. The molecule has 0 aliphatic heterocycles. The van der Waals surface area contributed by atoms with Crippen molar-refractivity contribution < 1.29 is 19.1 Å². The summed E-state index contributed by atoms with van der Waals surface area (Å²) >= 11 is 1.47. The molecule has 3 N–H and O–H groups in total. The first-order valence-corrected chi connectivity index (χ1v) is 11.3. The van der Waals surface area contributed by atoms with Gasteiger partial charge in [-0.15, -0.1) is 11.8 Å². The average molecular weight is 426 g/mol. The van der Waals surface area contributed by atoms with Crippen LogP contribution in [0.15, 0.2) is 17.2 Å². The molecule has 1 heterocycles. The van der Waals surface area contributed by atoms with Crippen LogP contribution in [-0.4, -0.2) is 41.9 Å². The molecule has 0 bridgehead atoms. The van der Waals surface area contributed by atoms with Crippen LogP contribution in [0.25, 0.3) is 0 Å². The molecule has 29 heavy (non-hydrogen) atoms. The van der Waals surface area contributed by atoms with Crippen molar-refractivity contribution in [2.24, 2.45) is 5.92 Å². The van der Waals surface area contributed by atoms with E-state index in [4.69, 9.17) is 15.2 Å². The summed E-state index contributed by atoms with van der Waals surface area (Å²) < 4.78 is 11.0. The number of nitrogens with zero attached hydrogens (tertiary/aromatic N) is 1. The van der Waals surface area contributed by atoms with E-state index in [0.717, 1.165) is 24.2 Å². The van der Waals surface area contributed by atoms with Gasteiger partial charge in [0.2, 0.25) is 11.8 Å². The summed E-state index contributed by atoms with van der Waals surface area (Å²) in [7, 11) is 0. The molecule has 0 fully saturated rings. The first-order chi connectivity index (χ1) is 13.8. The number of carbonyl (C=O) groups excluding carboxylic acids is 2. The van der Waals surface area contributed by atoms with Crippen molar-refractivity contribution in [3.63, 3.8) is 0 Å². The molecule has 0 saturated heterocycles. The van der Waals surface area contributed by atoms with Crippen LogP contribution in [0, 0.1) is 5.92 Å². The van der Waals surface area contributed by atoms with Gasteiger partial charge in [0.1, 0.15) is 6.61 Å². The number of pyridine rings is 1. The maximum atomic E-state index is 12.0. The van der Waals surface area contributed by atoms with Gasteiger partial charge < -0.3 is 20.5 Å². The highest BCUT2D eigenvalue weighted by Crippen LogP contribution is 2.28. The summed E-state index contributed by atoms with van der Waals surface area (Å²) in [6.45, 7) is 8.43. The van der Waals surface area contributed by atoms with Gasteiger partial charge in [-0.1, -0.05) is 33.1 Å². The minimum atomic E-state index is -0.180. The van der Waals surface area contributed by atoms with E-state index < -0.39 is 0 Å². The summed E-state index contributed by atoms with van der Waals surface area (Å²) in [4.78, 5) is 28.0. The number of thioether (sulfide) groups is 1. The predicted molar refractivity (Wildman–Crippen MR) is 117 cm³/mol. The number of unbranched alkanes of at least 4 members (excludes halogenated alkanes) is 1.